The van der Waals surface area contributed by atoms with Crippen LogP contribution in [-0.4, -0.2) is 53.2 Å². The van der Waals surface area contributed by atoms with Gasteiger partial charge in [0.05, 0.1) is 5.92 Å². The van der Waals surface area contributed by atoms with Gasteiger partial charge in [0.25, 0.3) is 6.10 Å². The van der Waals surface area contributed by atoms with Gasteiger partial charge in [-0.2, -0.15) is 41.9 Å². The summed E-state index contributed by atoms with van der Waals surface area (Å²) in [6.45, 7) is 5.61. The van der Waals surface area contributed by atoms with Crippen LogP contribution in [0.2, 0.25) is 5.15 Å². The number of allylic oxidation sites excluding steroid dienone is 1. The van der Waals surface area contributed by atoms with Crippen molar-refractivity contribution in [3.63, 3.8) is 0 Å². The molecule has 0 radical (unpaired) electrons. The van der Waals surface area contributed by atoms with Gasteiger partial charge in [-0.15, -0.1) is 0 Å². The molecule has 4 rings (SSSR count). The summed E-state index contributed by atoms with van der Waals surface area (Å²) in [5.74, 6) is -2.77. The number of alkyl halides is 6. The van der Waals surface area contributed by atoms with E-state index < -0.39 is 53.7 Å². The fourth-order valence-corrected chi connectivity index (χ4v) is 5.03. The van der Waals surface area contributed by atoms with Crippen molar-refractivity contribution in [3.05, 3.63) is 101 Å². The second kappa shape index (κ2) is 17.7. The van der Waals surface area contributed by atoms with Gasteiger partial charge in [-0.3, -0.25) is 4.79 Å². The molecule has 3 atom stereocenters. The lowest BCUT2D eigenvalue weighted by atomic mass is 10.1. The number of esters is 2. The number of hydrogen-bond donors (Lipinski definition) is 0. The molecule has 53 heavy (non-hydrogen) atoms. The number of ether oxygens (including phenoxy) is 3. The quantitative estimate of drug-likeness (QED) is 0.0378. The number of amidine groups is 1. The lowest BCUT2D eigenvalue weighted by Crippen LogP contribution is -2.45. The minimum Gasteiger partial charge on any atom is -0.457 e. The molecule has 1 aromatic heterocycles. The molecule has 1 aliphatic rings. The van der Waals surface area contributed by atoms with Crippen LogP contribution >= 0.6 is 11.6 Å². The molecule has 1 heterocycles. The molecule has 17 heteroatoms. The van der Waals surface area contributed by atoms with E-state index in [4.69, 9.17) is 26.3 Å². The van der Waals surface area contributed by atoms with Crippen LogP contribution in [0.15, 0.2) is 90.1 Å². The van der Waals surface area contributed by atoms with Crippen LogP contribution in [-0.2, 0) is 25.6 Å². The largest absolute Gasteiger partial charge is 0.457 e. The average Bonchev–Trinajstić information content (AvgIpc) is 3.65. The fraction of sp³-hybridized carbons (Fsp3) is 0.333. The highest BCUT2D eigenvalue weighted by Gasteiger charge is 2.62. The molecule has 0 amide bonds. The van der Waals surface area contributed by atoms with Gasteiger partial charge < -0.3 is 19.1 Å². The van der Waals surface area contributed by atoms with Crippen molar-refractivity contribution >= 4 is 29.4 Å². The van der Waals surface area contributed by atoms with Crippen molar-refractivity contribution in [2.24, 2.45) is 22.2 Å². The number of carbonyl (C=O) groups is 2. The summed E-state index contributed by atoms with van der Waals surface area (Å²) in [4.78, 5) is 33.9. The van der Waals surface area contributed by atoms with E-state index in [1.165, 1.54) is 6.07 Å². The number of benzene rings is 2. The summed E-state index contributed by atoms with van der Waals surface area (Å²) >= 11 is 5.67. The third-order valence-corrected chi connectivity index (χ3v) is 8.12. The van der Waals surface area contributed by atoms with Crippen molar-refractivity contribution < 1.29 is 50.1 Å². The predicted molar refractivity (Wildman–Crippen MR) is 179 cm³/mol. The maximum absolute atomic E-state index is 12.8. The van der Waals surface area contributed by atoms with Gasteiger partial charge in [0.15, 0.2) is 0 Å². The highest BCUT2D eigenvalue weighted by molar-refractivity contribution is 6.29. The maximum Gasteiger partial charge on any atom is 0.434 e. The zero-order valence-electron chi connectivity index (χ0n) is 28.5. The summed E-state index contributed by atoms with van der Waals surface area (Å²) in [5, 5.41) is 18.4. The number of rotatable bonds is 10. The number of pyridine rings is 1. The average molecular weight is 764 g/mol. The minimum absolute atomic E-state index is 0.314. The first-order chi connectivity index (χ1) is 24.8. The Bertz CT molecular complexity index is 1860. The summed E-state index contributed by atoms with van der Waals surface area (Å²) < 4.78 is 90.2. The van der Waals surface area contributed by atoms with Crippen molar-refractivity contribution in [1.82, 2.24) is 9.88 Å². The lowest BCUT2D eigenvalue weighted by molar-refractivity contribution is -0.312. The van der Waals surface area contributed by atoms with E-state index in [0.29, 0.717) is 40.7 Å². The molecule has 0 bridgehead atoms. The smallest absolute Gasteiger partial charge is 0.434 e. The Labute approximate surface area is 305 Å². The van der Waals surface area contributed by atoms with E-state index in [9.17, 15) is 41.2 Å². The van der Waals surface area contributed by atoms with Crippen molar-refractivity contribution in [3.8, 4) is 23.8 Å². The van der Waals surface area contributed by atoms with Crippen LogP contribution < -0.4 is 4.74 Å². The Morgan fingerprint density at radius 3 is 2.21 bits per heavy atom. The Kier molecular flexibility index (Phi) is 14.0. The molecule has 2 aromatic carbocycles. The summed E-state index contributed by atoms with van der Waals surface area (Å²) in [7, 11) is 1.87. The number of hydrogen-bond acceptors (Lipinski definition) is 9. The van der Waals surface area contributed by atoms with Gasteiger partial charge >= 0.3 is 24.3 Å². The number of nitriles is 2. The van der Waals surface area contributed by atoms with E-state index >= 15 is 0 Å². The Balaban J connectivity index is 0.000000421. The van der Waals surface area contributed by atoms with Crippen LogP contribution in [0.1, 0.15) is 38.0 Å². The molecule has 280 valence electrons. The second-order valence-electron chi connectivity index (χ2n) is 12.1. The third-order valence-electron chi connectivity index (χ3n) is 7.90. The van der Waals surface area contributed by atoms with Gasteiger partial charge in [0.1, 0.15) is 28.6 Å². The molecule has 1 aliphatic carbocycles. The first-order valence-electron chi connectivity index (χ1n) is 15.5. The van der Waals surface area contributed by atoms with E-state index in [1.807, 2.05) is 24.1 Å². The molecule has 0 aliphatic heterocycles. The zero-order chi connectivity index (χ0) is 39.6. The number of carbonyl (C=O) groups excluding carboxylic acids is 2. The summed E-state index contributed by atoms with van der Waals surface area (Å²) in [6.07, 6.45) is -12.4. The van der Waals surface area contributed by atoms with Gasteiger partial charge in [-0.05, 0) is 54.2 Å². The number of aromatic nitrogens is 1. The fourth-order valence-electron chi connectivity index (χ4n) is 4.91. The highest BCUT2D eigenvalue weighted by atomic mass is 35.5. The first kappa shape index (κ1) is 41.8. The van der Waals surface area contributed by atoms with Gasteiger partial charge in [-0.1, -0.05) is 67.9 Å². The number of para-hydroxylation sites is 1. The molecule has 0 saturated heterocycles. The van der Waals surface area contributed by atoms with E-state index in [2.05, 4.69) is 14.7 Å². The first-order valence-corrected chi connectivity index (χ1v) is 15.9. The minimum atomic E-state index is -5.84. The molecule has 10 nitrogen and oxygen atoms in total. The number of halogens is 7. The molecular formula is C36H32ClF6N5O5. The van der Waals surface area contributed by atoms with Crippen molar-refractivity contribution in [1.29, 1.82) is 10.5 Å². The molecule has 0 N–H and O–H groups in total. The van der Waals surface area contributed by atoms with Gasteiger partial charge in [0, 0.05) is 31.4 Å². The van der Waals surface area contributed by atoms with E-state index in [0.717, 1.165) is 11.6 Å². The SMILES string of the molecule is CC(=NC#N)N(C)Cc1ccc(Cl)nc1.CC1(C)C(/C=C\C(=O)OC(C(F)(F)F)C(F)(F)F)C1C(=O)OC(C#N)c1cccc(Oc2ccccc2)c1. The molecule has 3 aromatic rings. The van der Waals surface area contributed by atoms with Crippen molar-refractivity contribution in [2.75, 3.05) is 7.05 Å². The Morgan fingerprint density at radius 2 is 1.64 bits per heavy atom. The summed E-state index contributed by atoms with van der Waals surface area (Å²) in [6, 6.07) is 20.6. The zero-order valence-corrected chi connectivity index (χ0v) is 29.3. The number of aliphatic imine (C=N–C) groups is 1. The molecular weight excluding hydrogens is 732 g/mol. The van der Waals surface area contributed by atoms with Crippen molar-refractivity contribution in [2.45, 2.75) is 51.9 Å². The molecule has 1 saturated carbocycles. The molecule has 1 fully saturated rings. The van der Waals surface area contributed by atoms with Crippen LogP contribution in [0, 0.1) is 40.0 Å². The number of nitrogens with zero attached hydrogens (tertiary/aromatic N) is 5. The normalized spacial score (nSPS) is 17.1. The molecule has 0 spiro atoms. The topological polar surface area (TPSA) is 138 Å². The Morgan fingerprint density at radius 1 is 1.00 bits per heavy atom. The van der Waals surface area contributed by atoms with Crippen LogP contribution in [0.3, 0.4) is 0 Å². The monoisotopic (exact) mass is 763 g/mol. The van der Waals surface area contributed by atoms with E-state index in [1.54, 1.807) is 87.8 Å². The van der Waals surface area contributed by atoms with Gasteiger partial charge in [-0.25, -0.2) is 9.78 Å². The van der Waals surface area contributed by atoms with Gasteiger partial charge in [0.2, 0.25) is 12.3 Å². The van der Waals surface area contributed by atoms with E-state index in [-0.39, 0.29) is 0 Å². The predicted octanol–water partition coefficient (Wildman–Crippen LogP) is 8.52. The van der Waals surface area contributed by atoms with Crippen LogP contribution in [0.25, 0.3) is 0 Å². The molecule has 3 unspecified atom stereocenters. The van der Waals surface area contributed by atoms with Crippen LogP contribution in [0.5, 0.6) is 11.5 Å². The lowest BCUT2D eigenvalue weighted by Gasteiger charge is -2.22. The third kappa shape index (κ3) is 12.2. The Hall–Kier alpha value is -5.61. The maximum atomic E-state index is 12.8. The summed E-state index contributed by atoms with van der Waals surface area (Å²) in [5.41, 5.74) is 0.489. The standard InChI is InChI=1S/C26H21F6NO5.C10H11ClN4/c1-24(2)18(11-12-20(34)38-23(25(27,28)29)26(30,31)32)21(24)22(35)37-19(14-33)15-7-6-10-17(13-15)36-16-8-4-3-5-9-16;1-8(14-7-12)15(2)6-9-3-4-10(11)13-5-9/h3-13,18-19,21,23H,1-2H3;3-5H,6H2,1-2H3/b12-11-;. The second-order valence-corrected chi connectivity index (χ2v) is 12.5. The highest BCUT2D eigenvalue weighted by Crippen LogP contribution is 2.59. The van der Waals surface area contributed by atoms with Crippen LogP contribution in [0.4, 0.5) is 26.3 Å².